The average Bonchev–Trinajstić information content (AvgIpc) is 3.08. The van der Waals surface area contributed by atoms with Gasteiger partial charge in [0.25, 0.3) is 0 Å². The highest BCUT2D eigenvalue weighted by Crippen LogP contribution is 2.32. The summed E-state index contributed by atoms with van der Waals surface area (Å²) < 4.78 is 33.8. The lowest BCUT2D eigenvalue weighted by atomic mass is 10.00. The Morgan fingerprint density at radius 3 is 2.13 bits per heavy atom. The molecule has 150 valence electrons. The molecule has 1 heterocycles. The third-order valence-corrected chi connectivity index (χ3v) is 4.80. The Kier molecular flexibility index (Phi) is 4.79. The number of hydrogen-bond acceptors (Lipinski definition) is 3. The molecule has 4 aromatic rings. The van der Waals surface area contributed by atoms with E-state index < -0.39 is 23.4 Å². The Morgan fingerprint density at radius 1 is 0.900 bits per heavy atom. The van der Waals surface area contributed by atoms with Crippen LogP contribution < -0.4 is 4.74 Å². The molecule has 30 heavy (non-hydrogen) atoms. The van der Waals surface area contributed by atoms with E-state index in [4.69, 9.17) is 4.74 Å². The Hall–Kier alpha value is -4.00. The largest absolute Gasteiger partial charge is 0.497 e. The molecule has 0 spiro atoms. The minimum Gasteiger partial charge on any atom is -0.497 e. The number of fused-ring (bicyclic) bond motifs is 1. The first kappa shape index (κ1) is 19.3. The van der Waals surface area contributed by atoms with Crippen LogP contribution in [0.4, 0.5) is 8.78 Å². The number of ether oxygens (including phenoxy) is 1. The summed E-state index contributed by atoms with van der Waals surface area (Å²) in [5.41, 5.74) is 0.324. The van der Waals surface area contributed by atoms with Crippen LogP contribution in [0.1, 0.15) is 26.4 Å². The zero-order chi connectivity index (χ0) is 21.4. The van der Waals surface area contributed by atoms with Crippen LogP contribution in [0.15, 0.2) is 66.7 Å². The van der Waals surface area contributed by atoms with Crippen molar-refractivity contribution in [3.05, 3.63) is 95.2 Å². The van der Waals surface area contributed by atoms with Crippen molar-refractivity contribution in [1.82, 2.24) is 4.57 Å². The van der Waals surface area contributed by atoms with Crippen LogP contribution in [0.2, 0.25) is 0 Å². The van der Waals surface area contributed by atoms with E-state index in [1.54, 1.807) is 12.1 Å². The van der Waals surface area contributed by atoms with Crippen molar-refractivity contribution in [3.63, 3.8) is 0 Å². The van der Waals surface area contributed by atoms with Crippen LogP contribution in [0.5, 0.6) is 5.75 Å². The molecule has 5 nitrogen and oxygen atoms in total. The fourth-order valence-electron chi connectivity index (χ4n) is 3.44. The summed E-state index contributed by atoms with van der Waals surface area (Å²) in [6.45, 7) is 0. The number of carboxylic acid groups (broad SMARTS) is 1. The molecule has 4 rings (SSSR count). The van der Waals surface area contributed by atoms with Crippen molar-refractivity contribution in [2.75, 3.05) is 7.11 Å². The molecule has 0 aliphatic carbocycles. The number of carboxylic acids is 1. The van der Waals surface area contributed by atoms with Crippen molar-refractivity contribution in [1.29, 1.82) is 0 Å². The van der Waals surface area contributed by atoms with Crippen molar-refractivity contribution < 1.29 is 28.2 Å². The van der Waals surface area contributed by atoms with Gasteiger partial charge in [-0.15, -0.1) is 0 Å². The quantitative estimate of drug-likeness (QED) is 0.481. The van der Waals surface area contributed by atoms with E-state index in [-0.39, 0.29) is 33.4 Å². The van der Waals surface area contributed by atoms with E-state index in [1.165, 1.54) is 42.0 Å². The number of aromatic nitrogens is 1. The number of benzene rings is 3. The van der Waals surface area contributed by atoms with Crippen LogP contribution in [-0.4, -0.2) is 28.5 Å². The first-order chi connectivity index (χ1) is 14.4. The molecule has 0 saturated carbocycles. The van der Waals surface area contributed by atoms with E-state index >= 15 is 0 Å². The smallest absolute Gasteiger partial charge is 0.353 e. The summed E-state index contributed by atoms with van der Waals surface area (Å²) in [6, 6.07) is 15.0. The van der Waals surface area contributed by atoms with Crippen LogP contribution in [0.25, 0.3) is 16.6 Å². The average molecular weight is 407 g/mol. The Labute approximate surface area is 169 Å². The SMILES string of the molecule is COc1ccc(C(=O)c2c(C(=O)O)n(-c3ccc(F)cc3)c3cc(F)ccc23)cc1. The summed E-state index contributed by atoms with van der Waals surface area (Å²) in [5, 5.41) is 10.2. The number of aromatic carboxylic acids is 1. The summed E-state index contributed by atoms with van der Waals surface area (Å²) in [6.07, 6.45) is 0. The lowest BCUT2D eigenvalue weighted by Crippen LogP contribution is -2.13. The van der Waals surface area contributed by atoms with E-state index in [2.05, 4.69) is 0 Å². The van der Waals surface area contributed by atoms with Crippen molar-refractivity contribution in [2.24, 2.45) is 0 Å². The predicted octanol–water partition coefficient (Wildman–Crippen LogP) is 4.85. The van der Waals surface area contributed by atoms with Crippen LogP contribution >= 0.6 is 0 Å². The number of nitrogens with zero attached hydrogens (tertiary/aromatic N) is 1. The van der Waals surface area contributed by atoms with Crippen molar-refractivity contribution in [2.45, 2.75) is 0 Å². The summed E-state index contributed by atoms with van der Waals surface area (Å²) >= 11 is 0. The van der Waals surface area contributed by atoms with Crippen LogP contribution in [-0.2, 0) is 0 Å². The zero-order valence-electron chi connectivity index (χ0n) is 15.7. The summed E-state index contributed by atoms with van der Waals surface area (Å²) in [7, 11) is 1.49. The normalized spacial score (nSPS) is 10.9. The van der Waals surface area contributed by atoms with Gasteiger partial charge in [0.05, 0.1) is 18.2 Å². The molecule has 0 fully saturated rings. The number of carbonyl (C=O) groups excluding carboxylic acids is 1. The standard InChI is InChI=1S/C23H15F2NO4/c1-30-17-9-2-13(3-10-17)22(27)20-18-11-6-15(25)12-19(18)26(21(20)23(28)29)16-7-4-14(24)5-8-16/h2-12H,1H3,(H,28,29). The number of halogens is 2. The van der Waals surface area contributed by atoms with Gasteiger partial charge in [-0.1, -0.05) is 0 Å². The number of carbonyl (C=O) groups is 2. The first-order valence-corrected chi connectivity index (χ1v) is 8.92. The second kappa shape index (κ2) is 7.44. The van der Waals surface area contributed by atoms with Crippen LogP contribution in [0.3, 0.4) is 0 Å². The Bertz CT molecular complexity index is 1280. The second-order valence-electron chi connectivity index (χ2n) is 6.56. The third kappa shape index (κ3) is 3.20. The van der Waals surface area contributed by atoms with Gasteiger partial charge < -0.3 is 14.4 Å². The maximum Gasteiger partial charge on any atom is 0.353 e. The monoisotopic (exact) mass is 407 g/mol. The number of rotatable bonds is 5. The molecule has 1 aromatic heterocycles. The summed E-state index contributed by atoms with van der Waals surface area (Å²) in [5.74, 6) is -2.46. The highest BCUT2D eigenvalue weighted by atomic mass is 19.1. The lowest BCUT2D eigenvalue weighted by Gasteiger charge is -2.09. The van der Waals surface area contributed by atoms with Gasteiger partial charge >= 0.3 is 5.97 Å². The van der Waals surface area contributed by atoms with Gasteiger partial charge in [0.15, 0.2) is 5.78 Å². The molecule has 0 saturated heterocycles. The molecule has 0 bridgehead atoms. The van der Waals surface area contributed by atoms with E-state index in [0.717, 1.165) is 24.3 Å². The maximum atomic E-state index is 14.0. The highest BCUT2D eigenvalue weighted by molar-refractivity contribution is 6.21. The van der Waals surface area contributed by atoms with E-state index in [9.17, 15) is 23.5 Å². The Morgan fingerprint density at radius 2 is 1.53 bits per heavy atom. The lowest BCUT2D eigenvalue weighted by molar-refractivity contribution is 0.0684. The molecule has 0 atom stereocenters. The molecule has 7 heteroatoms. The first-order valence-electron chi connectivity index (χ1n) is 8.92. The highest BCUT2D eigenvalue weighted by Gasteiger charge is 2.28. The maximum absolute atomic E-state index is 14.0. The molecule has 3 aromatic carbocycles. The molecule has 1 N–H and O–H groups in total. The molecular weight excluding hydrogens is 392 g/mol. The fraction of sp³-hybridized carbons (Fsp3) is 0.0435. The van der Waals surface area contributed by atoms with Crippen LogP contribution in [0, 0.1) is 11.6 Å². The number of ketones is 1. The van der Waals surface area contributed by atoms with Gasteiger partial charge in [-0.2, -0.15) is 0 Å². The van der Waals surface area contributed by atoms with Crippen molar-refractivity contribution in [3.8, 4) is 11.4 Å². The van der Waals surface area contributed by atoms with Gasteiger partial charge in [-0.3, -0.25) is 4.79 Å². The topological polar surface area (TPSA) is 68.5 Å². The molecule has 0 aliphatic heterocycles. The van der Waals surface area contributed by atoms with Gasteiger partial charge in [0, 0.05) is 16.6 Å². The number of hydrogen-bond donors (Lipinski definition) is 1. The third-order valence-electron chi connectivity index (χ3n) is 4.80. The van der Waals surface area contributed by atoms with Gasteiger partial charge in [0.1, 0.15) is 23.1 Å². The summed E-state index contributed by atoms with van der Waals surface area (Å²) in [4.78, 5) is 25.5. The molecule has 0 radical (unpaired) electrons. The fourth-order valence-corrected chi connectivity index (χ4v) is 3.44. The van der Waals surface area contributed by atoms with Crippen molar-refractivity contribution >= 4 is 22.7 Å². The molecule has 0 unspecified atom stereocenters. The molecule has 0 aliphatic rings. The van der Waals surface area contributed by atoms with E-state index in [0.29, 0.717) is 5.75 Å². The molecule has 0 amide bonds. The minimum absolute atomic E-state index is 0.0769. The second-order valence-corrected chi connectivity index (χ2v) is 6.56. The van der Waals surface area contributed by atoms with Gasteiger partial charge in [-0.25, -0.2) is 13.6 Å². The van der Waals surface area contributed by atoms with Gasteiger partial charge in [0.2, 0.25) is 0 Å². The zero-order valence-corrected chi connectivity index (χ0v) is 15.7. The Balaban J connectivity index is 2.03. The minimum atomic E-state index is -1.37. The molecular formula is C23H15F2NO4. The predicted molar refractivity (Wildman–Crippen MR) is 107 cm³/mol. The van der Waals surface area contributed by atoms with Gasteiger partial charge in [-0.05, 0) is 66.7 Å². The van der Waals surface area contributed by atoms with E-state index in [1.807, 2.05) is 0 Å². The number of methoxy groups -OCH3 is 1.